The van der Waals surface area contributed by atoms with Crippen molar-refractivity contribution in [2.45, 2.75) is 108 Å². The first-order valence-corrected chi connectivity index (χ1v) is 17.0. The van der Waals surface area contributed by atoms with E-state index in [4.69, 9.17) is 4.74 Å². The molecule has 11 nitrogen and oxygen atoms in total. The van der Waals surface area contributed by atoms with Crippen molar-refractivity contribution < 1.29 is 33.8 Å². The molecule has 4 atom stereocenters. The molecule has 1 heterocycles. The Morgan fingerprint density at radius 2 is 1.42 bits per heavy atom. The van der Waals surface area contributed by atoms with Gasteiger partial charge in [0.25, 0.3) is 0 Å². The van der Waals surface area contributed by atoms with Gasteiger partial charge in [0, 0.05) is 19.5 Å². The van der Waals surface area contributed by atoms with Crippen molar-refractivity contribution in [2.75, 3.05) is 13.6 Å². The molecule has 0 aromatic heterocycles. The molecule has 2 fully saturated rings. The Morgan fingerprint density at radius 3 is 1.94 bits per heavy atom. The van der Waals surface area contributed by atoms with Gasteiger partial charge in [0.05, 0.1) is 0 Å². The van der Waals surface area contributed by atoms with Crippen LogP contribution in [0.4, 0.5) is 4.79 Å². The number of likely N-dealkylation sites (N-methyl/N-ethyl adjacent to an activating group) is 1. The summed E-state index contributed by atoms with van der Waals surface area (Å²) in [6.07, 6.45) is 4.64. The number of aliphatic carboxylic acids is 1. The Bertz CT molecular complexity index is 1380. The number of carboxylic acids is 1. The predicted octanol–water partition coefficient (Wildman–Crippen LogP) is 4.70. The summed E-state index contributed by atoms with van der Waals surface area (Å²) in [5, 5.41) is 16.1. The average Bonchev–Trinajstić information content (AvgIpc) is 3.57. The molecule has 0 spiro atoms. The average molecular weight is 663 g/mol. The first-order chi connectivity index (χ1) is 22.8. The van der Waals surface area contributed by atoms with Crippen LogP contribution in [0.15, 0.2) is 60.7 Å². The molecule has 260 valence electrons. The van der Waals surface area contributed by atoms with Crippen LogP contribution in [0.2, 0.25) is 0 Å². The van der Waals surface area contributed by atoms with Crippen molar-refractivity contribution in [3.05, 3.63) is 71.8 Å². The minimum Gasteiger partial charge on any atom is -0.480 e. The molecule has 1 aliphatic carbocycles. The van der Waals surface area contributed by atoms with Crippen molar-refractivity contribution in [3.8, 4) is 0 Å². The Hall–Kier alpha value is -4.41. The van der Waals surface area contributed by atoms with Gasteiger partial charge >= 0.3 is 12.1 Å². The number of amides is 4. The van der Waals surface area contributed by atoms with Crippen LogP contribution in [0, 0.1) is 5.92 Å². The second-order valence-electron chi connectivity index (χ2n) is 14.0. The Labute approximate surface area is 283 Å². The minimum atomic E-state index is -1.29. The highest BCUT2D eigenvalue weighted by Crippen LogP contribution is 2.31. The Kier molecular flexibility index (Phi) is 12.2. The second-order valence-corrected chi connectivity index (χ2v) is 14.0. The number of hydrogen-bond donors (Lipinski definition) is 3. The van der Waals surface area contributed by atoms with Crippen LogP contribution in [-0.2, 0) is 23.9 Å². The minimum absolute atomic E-state index is 0.133. The number of carboxylic acid groups (broad SMARTS) is 1. The van der Waals surface area contributed by atoms with E-state index >= 15 is 0 Å². The molecule has 48 heavy (non-hydrogen) atoms. The largest absolute Gasteiger partial charge is 0.480 e. The molecule has 11 heteroatoms. The van der Waals surface area contributed by atoms with Gasteiger partial charge in [0.1, 0.15) is 29.8 Å². The molecular weight excluding hydrogens is 612 g/mol. The van der Waals surface area contributed by atoms with E-state index < -0.39 is 59.6 Å². The third kappa shape index (κ3) is 9.14. The summed E-state index contributed by atoms with van der Waals surface area (Å²) in [6, 6.07) is 14.4. The number of hydrogen-bond acceptors (Lipinski definition) is 6. The van der Waals surface area contributed by atoms with Crippen LogP contribution >= 0.6 is 0 Å². The number of nitrogens with one attached hydrogen (secondary N) is 2. The van der Waals surface area contributed by atoms with Crippen LogP contribution in [-0.4, -0.2) is 88.1 Å². The standard InChI is InChI=1S/C37H50N4O7/c1-24(40(5)36(47)48-37(2,3)4)32(42)38-30(27-20-13-8-14-21-27)34(44)41-23-15-22-28(41)33(43)39-31(35(45)46)29(25-16-9-6-10-17-25)26-18-11-7-12-19-26/h6-7,9-12,16-19,24,27-31H,8,13-15,20-23H2,1-5H3,(H,38,42)(H,39,43)(H,45,46)/t24-,28-,30-,31-/m0/s1. The Balaban J connectivity index is 1.55. The lowest BCUT2D eigenvalue weighted by Crippen LogP contribution is -2.59. The number of rotatable bonds is 11. The molecule has 0 bridgehead atoms. The molecule has 2 aromatic carbocycles. The molecule has 0 radical (unpaired) electrons. The smallest absolute Gasteiger partial charge is 0.410 e. The fraction of sp³-hybridized carbons (Fsp3) is 0.541. The first kappa shape index (κ1) is 36.4. The number of nitrogens with zero attached hydrogens (tertiary/aromatic N) is 2. The van der Waals surface area contributed by atoms with Crippen LogP contribution < -0.4 is 10.6 Å². The summed E-state index contributed by atoms with van der Waals surface area (Å²) in [7, 11) is 1.48. The highest BCUT2D eigenvalue weighted by molar-refractivity contribution is 5.95. The highest BCUT2D eigenvalue weighted by atomic mass is 16.6. The van der Waals surface area contributed by atoms with E-state index in [0.29, 0.717) is 19.4 Å². The monoisotopic (exact) mass is 662 g/mol. The molecule has 4 amide bonds. The van der Waals surface area contributed by atoms with E-state index in [-0.39, 0.29) is 11.8 Å². The highest BCUT2D eigenvalue weighted by Gasteiger charge is 2.43. The maximum Gasteiger partial charge on any atom is 0.410 e. The van der Waals surface area contributed by atoms with Crippen molar-refractivity contribution in [1.82, 2.24) is 20.4 Å². The molecule has 1 aliphatic heterocycles. The zero-order valence-electron chi connectivity index (χ0n) is 28.7. The summed E-state index contributed by atoms with van der Waals surface area (Å²) in [4.78, 5) is 69.9. The van der Waals surface area contributed by atoms with E-state index in [1.807, 2.05) is 60.7 Å². The fourth-order valence-electron chi connectivity index (χ4n) is 6.71. The van der Waals surface area contributed by atoms with Gasteiger partial charge in [-0.15, -0.1) is 0 Å². The summed E-state index contributed by atoms with van der Waals surface area (Å²) in [5.74, 6) is -3.39. The summed E-state index contributed by atoms with van der Waals surface area (Å²) in [5.41, 5.74) is 0.734. The van der Waals surface area contributed by atoms with E-state index in [0.717, 1.165) is 43.2 Å². The maximum atomic E-state index is 14.3. The number of benzene rings is 2. The molecule has 2 aliphatic rings. The number of carbonyl (C=O) groups is 5. The number of ether oxygens (including phenoxy) is 1. The third-order valence-corrected chi connectivity index (χ3v) is 9.38. The molecule has 3 N–H and O–H groups in total. The van der Waals surface area contributed by atoms with Gasteiger partial charge in [0.15, 0.2) is 0 Å². The maximum absolute atomic E-state index is 14.3. The topological polar surface area (TPSA) is 145 Å². The molecule has 1 saturated carbocycles. The molecule has 1 saturated heterocycles. The predicted molar refractivity (Wildman–Crippen MR) is 181 cm³/mol. The summed E-state index contributed by atoms with van der Waals surface area (Å²) in [6.45, 7) is 7.11. The number of carbonyl (C=O) groups excluding carboxylic acids is 4. The zero-order valence-corrected chi connectivity index (χ0v) is 28.7. The molecule has 4 rings (SSSR count). The van der Waals surface area contributed by atoms with E-state index in [2.05, 4.69) is 10.6 Å². The van der Waals surface area contributed by atoms with Crippen molar-refractivity contribution in [1.29, 1.82) is 0 Å². The lowest BCUT2D eigenvalue weighted by molar-refractivity contribution is -0.146. The van der Waals surface area contributed by atoms with Crippen molar-refractivity contribution in [3.63, 3.8) is 0 Å². The van der Waals surface area contributed by atoms with Crippen LogP contribution in [0.3, 0.4) is 0 Å². The van der Waals surface area contributed by atoms with Crippen molar-refractivity contribution in [2.24, 2.45) is 5.92 Å². The quantitative estimate of drug-likeness (QED) is 0.316. The molecule has 2 aromatic rings. The fourth-order valence-corrected chi connectivity index (χ4v) is 6.71. The van der Waals surface area contributed by atoms with Gasteiger partial charge in [-0.05, 0) is 70.4 Å². The van der Waals surface area contributed by atoms with Gasteiger partial charge in [0.2, 0.25) is 17.7 Å². The zero-order chi connectivity index (χ0) is 35.0. The van der Waals surface area contributed by atoms with E-state index in [1.54, 1.807) is 27.7 Å². The van der Waals surface area contributed by atoms with Gasteiger partial charge in [-0.1, -0.05) is 79.9 Å². The van der Waals surface area contributed by atoms with Crippen LogP contribution in [0.5, 0.6) is 0 Å². The lowest BCUT2D eigenvalue weighted by atomic mass is 9.83. The summed E-state index contributed by atoms with van der Waals surface area (Å²) < 4.78 is 5.43. The second kappa shape index (κ2) is 16.1. The van der Waals surface area contributed by atoms with Gasteiger partial charge in [-0.3, -0.25) is 19.3 Å². The lowest BCUT2D eigenvalue weighted by Gasteiger charge is -2.36. The van der Waals surface area contributed by atoms with Crippen molar-refractivity contribution >= 4 is 29.8 Å². The number of likely N-dealkylation sites (tertiary alicyclic amines) is 1. The van der Waals surface area contributed by atoms with Gasteiger partial charge in [-0.25, -0.2) is 9.59 Å². The molecule has 0 unspecified atom stereocenters. The van der Waals surface area contributed by atoms with E-state index in [1.165, 1.54) is 16.8 Å². The first-order valence-electron chi connectivity index (χ1n) is 17.0. The SMILES string of the molecule is C[C@@H](C(=O)N[C@H](C(=O)N1CCC[C@H]1C(=O)N[C@H](C(=O)O)C(c1ccccc1)c1ccccc1)C1CCCCC1)N(C)C(=O)OC(C)(C)C. The summed E-state index contributed by atoms with van der Waals surface area (Å²) >= 11 is 0. The van der Waals surface area contributed by atoms with Crippen LogP contribution in [0.25, 0.3) is 0 Å². The van der Waals surface area contributed by atoms with Gasteiger partial charge < -0.3 is 25.4 Å². The molecular formula is C37H50N4O7. The van der Waals surface area contributed by atoms with Gasteiger partial charge in [-0.2, -0.15) is 0 Å². The van der Waals surface area contributed by atoms with Crippen LogP contribution in [0.1, 0.15) is 89.7 Å². The third-order valence-electron chi connectivity index (χ3n) is 9.38. The normalized spacial score (nSPS) is 18.8. The van der Waals surface area contributed by atoms with E-state index in [9.17, 15) is 29.1 Å². The Morgan fingerprint density at radius 1 is 0.854 bits per heavy atom.